The minimum Gasteiger partial charge on any atom is -0.320 e. The summed E-state index contributed by atoms with van der Waals surface area (Å²) in [5, 5.41) is 0. The fourth-order valence-electron chi connectivity index (χ4n) is 3.98. The molecule has 1 heterocycles. The van der Waals surface area contributed by atoms with Crippen LogP contribution in [-0.4, -0.2) is 24.1 Å². The predicted octanol–water partition coefficient (Wildman–Crippen LogP) is 5.01. The Labute approximate surface area is 125 Å². The molecule has 2 rings (SSSR count). The standard InChI is InChI=1S/C19H32N/c1-3-11-18(2)16-20(14-9-4-5-10-15-20)17-19-12-7-6-8-13-19/h6-8,12-13,18H,3-5,9-11,14-17H2,1-2H3/q+1. The van der Waals surface area contributed by atoms with Gasteiger partial charge in [-0.3, -0.25) is 0 Å². The monoisotopic (exact) mass is 274 g/mol. The van der Waals surface area contributed by atoms with Crippen molar-refractivity contribution in [1.82, 2.24) is 0 Å². The third-order valence-corrected chi connectivity index (χ3v) is 4.86. The Morgan fingerprint density at radius 2 is 1.65 bits per heavy atom. The molecule has 0 aromatic heterocycles. The van der Waals surface area contributed by atoms with E-state index in [1.165, 1.54) is 74.8 Å². The largest absolute Gasteiger partial charge is 0.320 e. The second-order valence-electron chi connectivity index (χ2n) is 6.92. The van der Waals surface area contributed by atoms with Crippen molar-refractivity contribution in [3.05, 3.63) is 35.9 Å². The van der Waals surface area contributed by atoms with Gasteiger partial charge in [0.1, 0.15) is 6.54 Å². The molecule has 112 valence electrons. The van der Waals surface area contributed by atoms with E-state index in [1.54, 1.807) is 0 Å². The van der Waals surface area contributed by atoms with Crippen molar-refractivity contribution in [2.75, 3.05) is 19.6 Å². The third-order valence-electron chi connectivity index (χ3n) is 4.86. The van der Waals surface area contributed by atoms with Gasteiger partial charge in [-0.1, -0.05) is 50.6 Å². The lowest BCUT2D eigenvalue weighted by Gasteiger charge is -2.40. The quantitative estimate of drug-likeness (QED) is 0.639. The van der Waals surface area contributed by atoms with Crippen LogP contribution in [0.4, 0.5) is 0 Å². The van der Waals surface area contributed by atoms with E-state index in [0.717, 1.165) is 5.92 Å². The summed E-state index contributed by atoms with van der Waals surface area (Å²) >= 11 is 0. The van der Waals surface area contributed by atoms with Crippen LogP contribution in [0, 0.1) is 5.92 Å². The van der Waals surface area contributed by atoms with Gasteiger partial charge in [0.25, 0.3) is 0 Å². The zero-order valence-corrected chi connectivity index (χ0v) is 13.5. The maximum absolute atomic E-state index is 2.46. The summed E-state index contributed by atoms with van der Waals surface area (Å²) in [7, 11) is 0. The topological polar surface area (TPSA) is 0 Å². The lowest BCUT2D eigenvalue weighted by molar-refractivity contribution is -0.943. The highest BCUT2D eigenvalue weighted by Crippen LogP contribution is 2.25. The maximum atomic E-state index is 2.46. The van der Waals surface area contributed by atoms with Crippen LogP contribution >= 0.6 is 0 Å². The molecule has 0 saturated carbocycles. The summed E-state index contributed by atoms with van der Waals surface area (Å²) in [4.78, 5) is 0. The molecule has 0 bridgehead atoms. The van der Waals surface area contributed by atoms with Gasteiger partial charge in [-0.25, -0.2) is 0 Å². The molecule has 1 aromatic rings. The van der Waals surface area contributed by atoms with E-state index in [4.69, 9.17) is 0 Å². The second-order valence-corrected chi connectivity index (χ2v) is 6.92. The number of hydrogen-bond donors (Lipinski definition) is 0. The molecule has 0 amide bonds. The molecule has 1 aromatic carbocycles. The van der Waals surface area contributed by atoms with Crippen LogP contribution in [0.1, 0.15) is 57.9 Å². The van der Waals surface area contributed by atoms with Crippen molar-refractivity contribution >= 4 is 0 Å². The van der Waals surface area contributed by atoms with Crippen molar-refractivity contribution in [3.8, 4) is 0 Å². The average Bonchev–Trinajstić information content (AvgIpc) is 2.66. The number of benzene rings is 1. The van der Waals surface area contributed by atoms with Crippen LogP contribution in [-0.2, 0) is 6.54 Å². The Balaban J connectivity index is 2.10. The Kier molecular flexibility index (Phi) is 6.09. The van der Waals surface area contributed by atoms with E-state index >= 15 is 0 Å². The summed E-state index contributed by atoms with van der Waals surface area (Å²) in [5.41, 5.74) is 1.53. The first-order valence-electron chi connectivity index (χ1n) is 8.63. The summed E-state index contributed by atoms with van der Waals surface area (Å²) in [5.74, 6) is 0.863. The molecule has 1 atom stereocenters. The molecule has 1 nitrogen and oxygen atoms in total. The Bertz CT molecular complexity index is 363. The molecular formula is C19H32N+. The fraction of sp³-hybridized carbons (Fsp3) is 0.684. The van der Waals surface area contributed by atoms with E-state index in [2.05, 4.69) is 44.2 Å². The predicted molar refractivity (Wildman–Crippen MR) is 87.5 cm³/mol. The van der Waals surface area contributed by atoms with Crippen LogP contribution in [0.3, 0.4) is 0 Å². The number of likely N-dealkylation sites (tertiary alicyclic amines) is 1. The lowest BCUT2D eigenvalue weighted by atomic mass is 10.0. The van der Waals surface area contributed by atoms with Crippen LogP contribution in [0.25, 0.3) is 0 Å². The van der Waals surface area contributed by atoms with Crippen LogP contribution < -0.4 is 0 Å². The van der Waals surface area contributed by atoms with Gasteiger partial charge < -0.3 is 4.48 Å². The molecule has 0 spiro atoms. The van der Waals surface area contributed by atoms with E-state index in [1.807, 2.05) is 0 Å². The normalized spacial score (nSPS) is 20.3. The second kappa shape index (κ2) is 7.83. The van der Waals surface area contributed by atoms with Crippen LogP contribution in [0.2, 0.25) is 0 Å². The highest BCUT2D eigenvalue weighted by Gasteiger charge is 2.30. The summed E-state index contributed by atoms with van der Waals surface area (Å²) < 4.78 is 1.34. The smallest absolute Gasteiger partial charge is 0.104 e. The van der Waals surface area contributed by atoms with Crippen molar-refractivity contribution in [3.63, 3.8) is 0 Å². The minimum absolute atomic E-state index is 0.863. The first-order valence-corrected chi connectivity index (χ1v) is 8.63. The zero-order chi connectivity index (χ0) is 14.3. The van der Waals surface area contributed by atoms with Crippen molar-refractivity contribution < 1.29 is 4.48 Å². The maximum Gasteiger partial charge on any atom is 0.104 e. The van der Waals surface area contributed by atoms with E-state index < -0.39 is 0 Å². The molecular weight excluding hydrogens is 242 g/mol. The molecule has 1 aliphatic heterocycles. The van der Waals surface area contributed by atoms with E-state index in [0.29, 0.717) is 0 Å². The minimum atomic E-state index is 0.863. The highest BCUT2D eigenvalue weighted by molar-refractivity contribution is 5.13. The molecule has 0 radical (unpaired) electrons. The molecule has 1 unspecified atom stereocenters. The van der Waals surface area contributed by atoms with Gasteiger partial charge in [0.15, 0.2) is 0 Å². The number of nitrogens with zero attached hydrogens (tertiary/aromatic N) is 1. The van der Waals surface area contributed by atoms with Crippen LogP contribution in [0.15, 0.2) is 30.3 Å². The van der Waals surface area contributed by atoms with E-state index in [-0.39, 0.29) is 0 Å². The van der Waals surface area contributed by atoms with Gasteiger partial charge in [-0.15, -0.1) is 0 Å². The van der Waals surface area contributed by atoms with Gasteiger partial charge >= 0.3 is 0 Å². The molecule has 0 aliphatic carbocycles. The number of rotatable bonds is 6. The third kappa shape index (κ3) is 4.63. The van der Waals surface area contributed by atoms with E-state index in [9.17, 15) is 0 Å². The molecule has 20 heavy (non-hydrogen) atoms. The first kappa shape index (κ1) is 15.6. The highest BCUT2D eigenvalue weighted by atomic mass is 15.4. The fourth-order valence-corrected chi connectivity index (χ4v) is 3.98. The van der Waals surface area contributed by atoms with Crippen molar-refractivity contribution in [1.29, 1.82) is 0 Å². The molecule has 1 aliphatic rings. The molecule has 0 N–H and O–H groups in total. The Morgan fingerprint density at radius 1 is 1.00 bits per heavy atom. The molecule has 1 fully saturated rings. The van der Waals surface area contributed by atoms with Crippen molar-refractivity contribution in [2.24, 2.45) is 5.92 Å². The van der Waals surface area contributed by atoms with Gasteiger partial charge in [0.2, 0.25) is 0 Å². The van der Waals surface area contributed by atoms with Crippen LogP contribution in [0.5, 0.6) is 0 Å². The van der Waals surface area contributed by atoms with Gasteiger partial charge in [-0.2, -0.15) is 0 Å². The summed E-state index contributed by atoms with van der Waals surface area (Å²) in [6.45, 7) is 10.2. The average molecular weight is 274 g/mol. The van der Waals surface area contributed by atoms with Gasteiger partial charge in [0, 0.05) is 11.5 Å². The Hall–Kier alpha value is -0.820. The van der Waals surface area contributed by atoms with Crippen molar-refractivity contribution in [2.45, 2.75) is 58.9 Å². The number of hydrogen-bond acceptors (Lipinski definition) is 0. The zero-order valence-electron chi connectivity index (χ0n) is 13.5. The number of quaternary nitrogens is 1. The summed E-state index contributed by atoms with van der Waals surface area (Å²) in [6, 6.07) is 11.2. The first-order chi connectivity index (χ1) is 9.74. The Morgan fingerprint density at radius 3 is 2.25 bits per heavy atom. The molecule has 1 heteroatoms. The molecule has 1 saturated heterocycles. The van der Waals surface area contributed by atoms with Gasteiger partial charge in [-0.05, 0) is 32.1 Å². The summed E-state index contributed by atoms with van der Waals surface area (Å²) in [6.07, 6.45) is 8.44. The van der Waals surface area contributed by atoms with Gasteiger partial charge in [0.05, 0.1) is 19.6 Å². The SMILES string of the molecule is CCCC(C)C[N+]1(Cc2ccccc2)CCCCCC1. The lowest BCUT2D eigenvalue weighted by Crippen LogP contribution is -2.50.